The molecule has 0 amide bonds. The van der Waals surface area contributed by atoms with E-state index >= 15 is 0 Å². The molecule has 1 aromatic heterocycles. The third-order valence-electron chi connectivity index (χ3n) is 3.91. The highest BCUT2D eigenvalue weighted by Gasteiger charge is 2.17. The standard InChI is InChI=1S/C14H18N4O2/c1-11-3-2-6-16(9-11)10-17-14-5-4-13(18(19)20)7-12(14)8-15-17/h4-5,7-8,11H,2-3,6,9-10H2,1H3/t11-/m0/s1. The van der Waals surface area contributed by atoms with Gasteiger partial charge in [-0.25, -0.2) is 0 Å². The molecule has 0 bridgehead atoms. The Labute approximate surface area is 117 Å². The number of non-ortho nitro benzene ring substituents is 1. The zero-order valence-corrected chi connectivity index (χ0v) is 11.5. The third kappa shape index (κ3) is 2.51. The van der Waals surface area contributed by atoms with Gasteiger partial charge in [-0.2, -0.15) is 5.10 Å². The van der Waals surface area contributed by atoms with Crippen LogP contribution in [0.15, 0.2) is 24.4 Å². The highest BCUT2D eigenvalue weighted by atomic mass is 16.6. The molecule has 0 aliphatic carbocycles. The van der Waals surface area contributed by atoms with E-state index in [1.54, 1.807) is 24.4 Å². The quantitative estimate of drug-likeness (QED) is 0.637. The van der Waals surface area contributed by atoms with Gasteiger partial charge >= 0.3 is 0 Å². The van der Waals surface area contributed by atoms with Gasteiger partial charge in [-0.3, -0.25) is 19.7 Å². The molecule has 1 saturated heterocycles. The maximum Gasteiger partial charge on any atom is 0.270 e. The monoisotopic (exact) mass is 274 g/mol. The lowest BCUT2D eigenvalue weighted by molar-refractivity contribution is -0.384. The molecule has 1 fully saturated rings. The van der Waals surface area contributed by atoms with Gasteiger partial charge in [-0.1, -0.05) is 6.92 Å². The first-order chi connectivity index (χ1) is 9.63. The minimum absolute atomic E-state index is 0.114. The number of nitro benzene ring substituents is 1. The van der Waals surface area contributed by atoms with Gasteiger partial charge in [-0.15, -0.1) is 0 Å². The molecule has 0 saturated carbocycles. The van der Waals surface area contributed by atoms with Crippen molar-refractivity contribution >= 4 is 16.6 Å². The van der Waals surface area contributed by atoms with Crippen molar-refractivity contribution in [2.24, 2.45) is 5.92 Å². The lowest BCUT2D eigenvalue weighted by Gasteiger charge is -2.30. The molecule has 0 spiro atoms. The SMILES string of the molecule is C[C@H]1CCCN(Cn2ncc3cc([N+](=O)[O-])ccc32)C1. The van der Waals surface area contributed by atoms with Gasteiger partial charge in [0.2, 0.25) is 0 Å². The Balaban J connectivity index is 1.83. The van der Waals surface area contributed by atoms with Gasteiger partial charge in [0.05, 0.1) is 23.3 Å². The van der Waals surface area contributed by atoms with Crippen molar-refractivity contribution in [2.45, 2.75) is 26.4 Å². The number of piperidine rings is 1. The number of nitrogens with zero attached hydrogens (tertiary/aromatic N) is 4. The molecule has 1 aliphatic rings. The first-order valence-electron chi connectivity index (χ1n) is 6.96. The number of fused-ring (bicyclic) bond motifs is 1. The molecule has 2 aromatic rings. The Morgan fingerprint density at radius 2 is 2.35 bits per heavy atom. The summed E-state index contributed by atoms with van der Waals surface area (Å²) >= 11 is 0. The second kappa shape index (κ2) is 5.20. The predicted molar refractivity (Wildman–Crippen MR) is 76.4 cm³/mol. The zero-order chi connectivity index (χ0) is 14.1. The Morgan fingerprint density at radius 1 is 1.50 bits per heavy atom. The van der Waals surface area contributed by atoms with E-state index < -0.39 is 0 Å². The van der Waals surface area contributed by atoms with Crippen molar-refractivity contribution in [3.8, 4) is 0 Å². The topological polar surface area (TPSA) is 64.2 Å². The fourth-order valence-electron chi connectivity index (χ4n) is 2.91. The highest BCUT2D eigenvalue weighted by molar-refractivity contribution is 5.81. The summed E-state index contributed by atoms with van der Waals surface area (Å²) in [6, 6.07) is 4.91. The lowest BCUT2D eigenvalue weighted by atomic mass is 10.0. The Hall–Kier alpha value is -1.95. The molecule has 1 atom stereocenters. The highest BCUT2D eigenvalue weighted by Crippen LogP contribution is 2.22. The van der Waals surface area contributed by atoms with Crippen molar-refractivity contribution in [2.75, 3.05) is 13.1 Å². The summed E-state index contributed by atoms with van der Waals surface area (Å²) in [7, 11) is 0. The van der Waals surface area contributed by atoms with Crippen molar-refractivity contribution in [3.05, 3.63) is 34.5 Å². The van der Waals surface area contributed by atoms with E-state index in [0.717, 1.165) is 36.6 Å². The summed E-state index contributed by atoms with van der Waals surface area (Å²) in [5, 5.41) is 16.0. The van der Waals surface area contributed by atoms with Crippen LogP contribution < -0.4 is 0 Å². The van der Waals surface area contributed by atoms with Crippen LogP contribution in [0.1, 0.15) is 19.8 Å². The number of rotatable bonds is 3. The summed E-state index contributed by atoms with van der Waals surface area (Å²) < 4.78 is 1.93. The Kier molecular flexibility index (Phi) is 3.40. The molecule has 106 valence electrons. The molecule has 0 radical (unpaired) electrons. The zero-order valence-electron chi connectivity index (χ0n) is 11.5. The van der Waals surface area contributed by atoms with Gasteiger partial charge in [0.15, 0.2) is 0 Å². The summed E-state index contributed by atoms with van der Waals surface area (Å²) in [4.78, 5) is 12.8. The van der Waals surface area contributed by atoms with E-state index in [4.69, 9.17) is 0 Å². The third-order valence-corrected chi connectivity index (χ3v) is 3.91. The first kappa shape index (κ1) is 13.1. The van der Waals surface area contributed by atoms with Crippen LogP contribution in [0.5, 0.6) is 0 Å². The molecule has 1 aliphatic heterocycles. The van der Waals surface area contributed by atoms with Gasteiger partial charge in [-0.05, 0) is 31.4 Å². The first-order valence-corrected chi connectivity index (χ1v) is 6.96. The largest absolute Gasteiger partial charge is 0.284 e. The summed E-state index contributed by atoms with van der Waals surface area (Å²) in [6.07, 6.45) is 4.23. The molecule has 6 heteroatoms. The van der Waals surface area contributed by atoms with Crippen LogP contribution in [0.25, 0.3) is 10.9 Å². The van der Waals surface area contributed by atoms with E-state index in [1.807, 2.05) is 4.68 Å². The number of hydrogen-bond acceptors (Lipinski definition) is 4. The van der Waals surface area contributed by atoms with E-state index in [9.17, 15) is 10.1 Å². The van der Waals surface area contributed by atoms with E-state index in [1.165, 1.54) is 12.8 Å². The smallest absolute Gasteiger partial charge is 0.270 e. The average molecular weight is 274 g/mol. The van der Waals surface area contributed by atoms with Crippen LogP contribution in [0.2, 0.25) is 0 Å². The van der Waals surface area contributed by atoms with Crippen molar-refractivity contribution < 1.29 is 4.92 Å². The number of nitro groups is 1. The molecular formula is C14H18N4O2. The normalized spacial score (nSPS) is 20.4. The maximum atomic E-state index is 10.8. The van der Waals surface area contributed by atoms with Gasteiger partial charge in [0, 0.05) is 24.1 Å². The predicted octanol–water partition coefficient (Wildman–Crippen LogP) is 2.63. The minimum Gasteiger partial charge on any atom is -0.284 e. The fraction of sp³-hybridized carbons (Fsp3) is 0.500. The molecule has 6 nitrogen and oxygen atoms in total. The van der Waals surface area contributed by atoms with Crippen LogP contribution in [0, 0.1) is 16.0 Å². The van der Waals surface area contributed by atoms with Crippen LogP contribution >= 0.6 is 0 Å². The van der Waals surface area contributed by atoms with Crippen LogP contribution in [-0.4, -0.2) is 32.7 Å². The van der Waals surface area contributed by atoms with Gasteiger partial charge in [0.1, 0.15) is 0 Å². The van der Waals surface area contributed by atoms with Gasteiger partial charge < -0.3 is 0 Å². The molecule has 20 heavy (non-hydrogen) atoms. The Bertz CT molecular complexity index is 637. The molecule has 0 N–H and O–H groups in total. The second-order valence-electron chi connectivity index (χ2n) is 5.61. The molecule has 1 aromatic carbocycles. The molecule has 2 heterocycles. The Morgan fingerprint density at radius 3 is 3.10 bits per heavy atom. The number of aromatic nitrogens is 2. The molecule has 0 unspecified atom stereocenters. The van der Waals surface area contributed by atoms with Gasteiger partial charge in [0.25, 0.3) is 5.69 Å². The van der Waals surface area contributed by atoms with Crippen LogP contribution in [-0.2, 0) is 6.67 Å². The minimum atomic E-state index is -0.372. The van der Waals surface area contributed by atoms with E-state index in [-0.39, 0.29) is 10.6 Å². The summed E-state index contributed by atoms with van der Waals surface area (Å²) in [6.45, 7) is 5.22. The average Bonchev–Trinajstić information content (AvgIpc) is 2.81. The fourth-order valence-corrected chi connectivity index (χ4v) is 2.91. The lowest BCUT2D eigenvalue weighted by Crippen LogP contribution is -2.35. The summed E-state index contributed by atoms with van der Waals surface area (Å²) in [5.74, 6) is 0.728. The van der Waals surface area contributed by atoms with Crippen LogP contribution in [0.4, 0.5) is 5.69 Å². The maximum absolute atomic E-state index is 10.8. The van der Waals surface area contributed by atoms with Crippen molar-refractivity contribution in [1.29, 1.82) is 0 Å². The van der Waals surface area contributed by atoms with E-state index in [2.05, 4.69) is 16.9 Å². The summed E-state index contributed by atoms with van der Waals surface area (Å²) in [5.41, 5.74) is 1.07. The number of hydrogen-bond donors (Lipinski definition) is 0. The number of likely N-dealkylation sites (tertiary alicyclic amines) is 1. The second-order valence-corrected chi connectivity index (χ2v) is 5.61. The van der Waals surface area contributed by atoms with Crippen molar-refractivity contribution in [3.63, 3.8) is 0 Å². The number of benzene rings is 1. The van der Waals surface area contributed by atoms with Crippen LogP contribution in [0.3, 0.4) is 0 Å². The molecular weight excluding hydrogens is 256 g/mol. The van der Waals surface area contributed by atoms with Crippen molar-refractivity contribution in [1.82, 2.24) is 14.7 Å². The molecule has 3 rings (SSSR count). The van der Waals surface area contributed by atoms with E-state index in [0.29, 0.717) is 0 Å².